The van der Waals surface area contributed by atoms with Gasteiger partial charge in [-0.05, 0) is 105 Å². The Kier molecular flexibility index (Phi) is 9.27. The number of rotatable bonds is 9. The number of nitrogens with zero attached hydrogens (tertiary/aromatic N) is 2. The van der Waals surface area contributed by atoms with Crippen LogP contribution >= 0.6 is 0 Å². The van der Waals surface area contributed by atoms with E-state index in [0.717, 1.165) is 45.3 Å². The van der Waals surface area contributed by atoms with E-state index in [1.807, 2.05) is 0 Å². The van der Waals surface area contributed by atoms with Gasteiger partial charge in [-0.15, -0.1) is 0 Å². The summed E-state index contributed by atoms with van der Waals surface area (Å²) in [6, 6.07) is 87.3. The number of hydrogen-bond acceptors (Lipinski definition) is 2. The highest BCUT2D eigenvalue weighted by Gasteiger charge is 2.18. The topological polar surface area (TPSA) is 6.48 Å². The average molecular weight is 741 g/mol. The fourth-order valence-corrected chi connectivity index (χ4v) is 8.18. The minimum absolute atomic E-state index is 1.10. The smallest absolute Gasteiger partial charge is 0.0540 e. The van der Waals surface area contributed by atoms with E-state index in [0.29, 0.717) is 0 Å². The molecule has 2 heteroatoms. The number of anilines is 6. The highest BCUT2D eigenvalue weighted by molar-refractivity contribution is 6.00. The molecule has 274 valence electrons. The fraction of sp³-hybridized carbons (Fsp3) is 0. The Morgan fingerprint density at radius 1 is 0.207 bits per heavy atom. The summed E-state index contributed by atoms with van der Waals surface area (Å²) >= 11 is 0. The number of hydrogen-bond donors (Lipinski definition) is 0. The molecule has 0 aromatic heterocycles. The molecule has 0 atom stereocenters. The van der Waals surface area contributed by atoms with Crippen molar-refractivity contribution in [1.82, 2.24) is 0 Å². The second-order valence-corrected chi connectivity index (χ2v) is 14.6. The van der Waals surface area contributed by atoms with Crippen LogP contribution in [-0.4, -0.2) is 0 Å². The van der Waals surface area contributed by atoms with Crippen molar-refractivity contribution in [2.24, 2.45) is 0 Å². The van der Waals surface area contributed by atoms with Crippen molar-refractivity contribution in [1.29, 1.82) is 0 Å². The standard InChI is InChI=1S/C56H40N2/c1-3-15-41(16-4-1)47-23-11-25-51(39-47)57(55-29-13-21-45-19-7-9-27-53(45)55)49-35-31-43(32-36-49)44-33-37-50(38-34-44)58(56-30-14-22-46-20-8-10-28-54(46)56)52-26-12-24-48(40-52)42-17-5-2-6-18-42/h1-40H. The normalized spacial score (nSPS) is 11.1. The number of fused-ring (bicyclic) bond motifs is 2. The van der Waals surface area contributed by atoms with Gasteiger partial charge in [-0.3, -0.25) is 0 Å². The largest absolute Gasteiger partial charge is 0.310 e. The molecular formula is C56H40N2. The first-order chi connectivity index (χ1) is 28.8. The molecule has 0 bridgehead atoms. The molecule has 0 radical (unpaired) electrons. The van der Waals surface area contributed by atoms with Gasteiger partial charge in [0.2, 0.25) is 0 Å². The van der Waals surface area contributed by atoms with E-state index in [1.165, 1.54) is 43.8 Å². The Morgan fingerprint density at radius 2 is 0.534 bits per heavy atom. The maximum atomic E-state index is 2.38. The summed E-state index contributed by atoms with van der Waals surface area (Å²) in [5.41, 5.74) is 13.8. The molecule has 0 spiro atoms. The van der Waals surface area contributed by atoms with Crippen molar-refractivity contribution in [2.75, 3.05) is 9.80 Å². The Bertz CT molecular complexity index is 2770. The zero-order chi connectivity index (χ0) is 38.7. The van der Waals surface area contributed by atoms with E-state index in [4.69, 9.17) is 0 Å². The first kappa shape index (κ1) is 34.8. The Morgan fingerprint density at radius 3 is 0.966 bits per heavy atom. The lowest BCUT2D eigenvalue weighted by atomic mass is 10.0. The van der Waals surface area contributed by atoms with Crippen molar-refractivity contribution >= 4 is 55.7 Å². The van der Waals surface area contributed by atoms with Crippen LogP contribution < -0.4 is 9.80 Å². The minimum Gasteiger partial charge on any atom is -0.310 e. The number of benzene rings is 10. The quantitative estimate of drug-likeness (QED) is 0.145. The van der Waals surface area contributed by atoms with Gasteiger partial charge in [0.15, 0.2) is 0 Å². The first-order valence-corrected chi connectivity index (χ1v) is 19.8. The van der Waals surface area contributed by atoms with Gasteiger partial charge >= 0.3 is 0 Å². The molecule has 0 saturated heterocycles. The van der Waals surface area contributed by atoms with Crippen LogP contribution in [0.15, 0.2) is 243 Å². The lowest BCUT2D eigenvalue weighted by Gasteiger charge is -2.28. The van der Waals surface area contributed by atoms with Gasteiger partial charge in [0, 0.05) is 33.5 Å². The average Bonchev–Trinajstić information content (AvgIpc) is 3.31. The lowest BCUT2D eigenvalue weighted by molar-refractivity contribution is 1.29. The van der Waals surface area contributed by atoms with Crippen LogP contribution in [0.2, 0.25) is 0 Å². The molecule has 0 unspecified atom stereocenters. The van der Waals surface area contributed by atoms with Crippen molar-refractivity contribution in [3.63, 3.8) is 0 Å². The summed E-state index contributed by atoms with van der Waals surface area (Å²) in [4.78, 5) is 4.76. The van der Waals surface area contributed by atoms with E-state index in [9.17, 15) is 0 Å². The molecule has 0 saturated carbocycles. The Hall–Kier alpha value is -7.68. The molecule has 0 N–H and O–H groups in total. The molecule has 0 aliphatic carbocycles. The molecular weight excluding hydrogens is 701 g/mol. The van der Waals surface area contributed by atoms with Crippen LogP contribution in [0, 0.1) is 0 Å². The van der Waals surface area contributed by atoms with E-state index in [2.05, 4.69) is 252 Å². The monoisotopic (exact) mass is 740 g/mol. The summed E-state index contributed by atoms with van der Waals surface area (Å²) in [6.07, 6.45) is 0. The van der Waals surface area contributed by atoms with Crippen molar-refractivity contribution in [3.8, 4) is 33.4 Å². The molecule has 0 fully saturated rings. The fourth-order valence-electron chi connectivity index (χ4n) is 8.18. The summed E-state index contributed by atoms with van der Waals surface area (Å²) in [7, 11) is 0. The molecule has 10 rings (SSSR count). The predicted octanol–water partition coefficient (Wildman–Crippen LogP) is 15.9. The highest BCUT2D eigenvalue weighted by atomic mass is 15.1. The molecule has 58 heavy (non-hydrogen) atoms. The SMILES string of the molecule is c1ccc(-c2cccc(N(c3ccc(-c4ccc(N(c5cccc(-c6ccccc6)c5)c5cccc6ccccc56)cc4)cc3)c3cccc4ccccc34)c2)cc1. The van der Waals surface area contributed by atoms with Gasteiger partial charge < -0.3 is 9.80 Å². The third-order valence-corrected chi connectivity index (χ3v) is 11.0. The maximum absolute atomic E-state index is 2.38. The van der Waals surface area contributed by atoms with E-state index in [-0.39, 0.29) is 0 Å². The molecule has 10 aromatic rings. The zero-order valence-electron chi connectivity index (χ0n) is 32.0. The molecule has 2 nitrogen and oxygen atoms in total. The van der Waals surface area contributed by atoms with Gasteiger partial charge in [-0.1, -0.05) is 182 Å². The summed E-state index contributed by atoms with van der Waals surface area (Å²) in [5, 5.41) is 4.84. The second-order valence-electron chi connectivity index (χ2n) is 14.6. The minimum atomic E-state index is 1.10. The molecule has 0 aliphatic rings. The van der Waals surface area contributed by atoms with Crippen molar-refractivity contribution < 1.29 is 0 Å². The van der Waals surface area contributed by atoms with Crippen LogP contribution in [0.5, 0.6) is 0 Å². The van der Waals surface area contributed by atoms with Gasteiger partial charge in [-0.25, -0.2) is 0 Å². The third kappa shape index (κ3) is 6.78. The second kappa shape index (κ2) is 15.5. The highest BCUT2D eigenvalue weighted by Crippen LogP contribution is 2.43. The van der Waals surface area contributed by atoms with Crippen LogP contribution in [0.3, 0.4) is 0 Å². The molecule has 10 aromatic carbocycles. The molecule has 0 amide bonds. The van der Waals surface area contributed by atoms with Crippen LogP contribution in [0.25, 0.3) is 54.9 Å². The van der Waals surface area contributed by atoms with Crippen molar-refractivity contribution in [2.45, 2.75) is 0 Å². The van der Waals surface area contributed by atoms with Gasteiger partial charge in [0.25, 0.3) is 0 Å². The van der Waals surface area contributed by atoms with E-state index in [1.54, 1.807) is 0 Å². The third-order valence-electron chi connectivity index (χ3n) is 11.0. The van der Waals surface area contributed by atoms with Crippen LogP contribution in [-0.2, 0) is 0 Å². The maximum Gasteiger partial charge on any atom is 0.0540 e. The summed E-state index contributed by atoms with van der Waals surface area (Å²) in [6.45, 7) is 0. The Labute approximate surface area is 340 Å². The van der Waals surface area contributed by atoms with Crippen LogP contribution in [0.1, 0.15) is 0 Å². The summed E-state index contributed by atoms with van der Waals surface area (Å²) < 4.78 is 0. The van der Waals surface area contributed by atoms with Gasteiger partial charge in [-0.2, -0.15) is 0 Å². The predicted molar refractivity (Wildman–Crippen MR) is 247 cm³/mol. The zero-order valence-corrected chi connectivity index (χ0v) is 32.0. The first-order valence-electron chi connectivity index (χ1n) is 19.8. The van der Waals surface area contributed by atoms with Crippen molar-refractivity contribution in [3.05, 3.63) is 243 Å². The summed E-state index contributed by atoms with van der Waals surface area (Å²) in [5.74, 6) is 0. The van der Waals surface area contributed by atoms with E-state index < -0.39 is 0 Å². The van der Waals surface area contributed by atoms with E-state index >= 15 is 0 Å². The molecule has 0 aliphatic heterocycles. The molecule has 0 heterocycles. The lowest BCUT2D eigenvalue weighted by Crippen LogP contribution is -2.11. The Balaban J connectivity index is 1.03. The van der Waals surface area contributed by atoms with Gasteiger partial charge in [0.05, 0.1) is 11.4 Å². The van der Waals surface area contributed by atoms with Gasteiger partial charge in [0.1, 0.15) is 0 Å². The van der Waals surface area contributed by atoms with Crippen LogP contribution in [0.4, 0.5) is 34.1 Å².